The number of benzene rings is 2. The Morgan fingerprint density at radius 2 is 1.76 bits per heavy atom. The number of aromatic carboxylic acids is 1. The van der Waals surface area contributed by atoms with Gasteiger partial charge in [0.15, 0.2) is 0 Å². The molecule has 0 aromatic heterocycles. The number of rotatable bonds is 6. The molecule has 1 aliphatic heterocycles. The topological polar surface area (TPSA) is 147 Å². The van der Waals surface area contributed by atoms with Gasteiger partial charge in [-0.2, -0.15) is 0 Å². The van der Waals surface area contributed by atoms with Crippen LogP contribution in [0, 0.1) is 12.8 Å². The Labute approximate surface area is 259 Å². The van der Waals surface area contributed by atoms with Gasteiger partial charge in [-0.05, 0) is 73.4 Å². The number of urea groups is 1. The fourth-order valence-corrected chi connectivity index (χ4v) is 5.74. The average Bonchev–Trinajstić information content (AvgIpc) is 2.95. The Morgan fingerprint density at radius 1 is 1.05 bits per heavy atom. The van der Waals surface area contributed by atoms with Crippen LogP contribution >= 0.6 is 0 Å². The summed E-state index contributed by atoms with van der Waals surface area (Å²) in [6, 6.07) is 9.77. The number of amides is 4. The third-order valence-corrected chi connectivity index (χ3v) is 7.36. The van der Waals surface area contributed by atoms with Crippen LogP contribution in [0.15, 0.2) is 42.5 Å². The van der Waals surface area contributed by atoms with Gasteiger partial charge < -0.3 is 21.5 Å². The number of carboxylic acid groups (broad SMARTS) is 1. The van der Waals surface area contributed by atoms with Crippen molar-refractivity contribution in [2.75, 3.05) is 16.3 Å². The fourth-order valence-electron chi connectivity index (χ4n) is 5.74. The molecule has 1 fully saturated rings. The van der Waals surface area contributed by atoms with Crippen LogP contribution in [0.1, 0.15) is 65.9 Å². The van der Waals surface area contributed by atoms with Crippen LogP contribution in [0.5, 0.6) is 0 Å². The van der Waals surface area contributed by atoms with E-state index in [1.807, 2.05) is 25.1 Å². The van der Waals surface area contributed by atoms with Gasteiger partial charge in [0.25, 0.3) is 5.91 Å². The predicted octanol–water partition coefficient (Wildman–Crippen LogP) is 2.88. The van der Waals surface area contributed by atoms with E-state index in [1.165, 1.54) is 23.1 Å². The van der Waals surface area contributed by atoms with Crippen LogP contribution < -0.4 is 21.3 Å². The number of nitrogens with two attached hydrogens (primary N) is 2. The molecule has 5 N–H and O–H groups in total. The molecule has 0 saturated heterocycles. The number of carbonyl (C=O) groups excluding carboxylic acids is 3. The molecule has 10 heteroatoms. The summed E-state index contributed by atoms with van der Waals surface area (Å²) in [6.07, 6.45) is 5.64. The van der Waals surface area contributed by atoms with Crippen LogP contribution in [-0.2, 0) is 9.59 Å². The first-order chi connectivity index (χ1) is 17.2. The number of anilines is 2. The molecule has 2 aromatic rings. The van der Waals surface area contributed by atoms with Crippen molar-refractivity contribution in [2.24, 2.45) is 17.4 Å². The number of carboxylic acids is 1. The van der Waals surface area contributed by atoms with Crippen LogP contribution in [0.25, 0.3) is 0 Å². The molecule has 37 heavy (non-hydrogen) atoms. The molecule has 1 saturated carbocycles. The summed E-state index contributed by atoms with van der Waals surface area (Å²) in [5.41, 5.74) is 14.1. The zero-order valence-electron chi connectivity index (χ0n) is 20.4. The molecule has 2 atom stereocenters. The van der Waals surface area contributed by atoms with Gasteiger partial charge in [0.1, 0.15) is 12.6 Å². The predicted molar refractivity (Wildman–Crippen MR) is 143 cm³/mol. The van der Waals surface area contributed by atoms with Crippen molar-refractivity contribution in [3.8, 4) is 0 Å². The molecular formula is C27H33KN4O5. The van der Waals surface area contributed by atoms with Gasteiger partial charge in [-0.25, -0.2) is 9.59 Å². The maximum atomic E-state index is 14.1. The van der Waals surface area contributed by atoms with E-state index in [0.29, 0.717) is 18.0 Å². The van der Waals surface area contributed by atoms with E-state index in [-0.39, 0.29) is 75.1 Å². The molecule has 0 bridgehead atoms. The van der Waals surface area contributed by atoms with Crippen molar-refractivity contribution in [1.29, 1.82) is 0 Å². The molecule has 2 aliphatic rings. The summed E-state index contributed by atoms with van der Waals surface area (Å²) in [4.78, 5) is 53.1. The first-order valence-corrected chi connectivity index (χ1v) is 12.3. The Balaban J connectivity index is 0.00000380. The second-order valence-corrected chi connectivity index (χ2v) is 9.77. The van der Waals surface area contributed by atoms with Crippen molar-refractivity contribution >= 4 is 86.6 Å². The number of nitrogens with zero attached hydrogens (tertiary/aromatic N) is 2. The van der Waals surface area contributed by atoms with Gasteiger partial charge >= 0.3 is 63.4 Å². The molecular weight excluding hydrogens is 499 g/mol. The number of carbonyl (C=O) groups is 4. The second-order valence-electron chi connectivity index (χ2n) is 9.77. The summed E-state index contributed by atoms with van der Waals surface area (Å²) in [7, 11) is 0. The molecule has 0 spiro atoms. The van der Waals surface area contributed by atoms with E-state index < -0.39 is 29.9 Å². The average molecular weight is 533 g/mol. The van der Waals surface area contributed by atoms with Gasteiger partial charge in [-0.15, -0.1) is 0 Å². The summed E-state index contributed by atoms with van der Waals surface area (Å²) >= 11 is 0. The summed E-state index contributed by atoms with van der Waals surface area (Å²) in [5.74, 6) is -2.07. The van der Waals surface area contributed by atoms with Crippen LogP contribution in [0.3, 0.4) is 0 Å². The number of aryl methyl sites for hydroxylation is 1. The minimum atomic E-state index is -1.16. The van der Waals surface area contributed by atoms with Crippen molar-refractivity contribution < 1.29 is 24.3 Å². The van der Waals surface area contributed by atoms with Crippen molar-refractivity contribution in [3.05, 3.63) is 59.2 Å². The molecule has 2 aromatic carbocycles. The van der Waals surface area contributed by atoms with E-state index in [9.17, 15) is 24.3 Å². The van der Waals surface area contributed by atoms with Crippen LogP contribution in [0.2, 0.25) is 0 Å². The zero-order valence-corrected chi connectivity index (χ0v) is 20.4. The summed E-state index contributed by atoms with van der Waals surface area (Å²) < 4.78 is 0. The van der Waals surface area contributed by atoms with Gasteiger partial charge in [0.05, 0.1) is 5.56 Å². The van der Waals surface area contributed by atoms with E-state index in [0.717, 1.165) is 48.1 Å². The van der Waals surface area contributed by atoms with Crippen LogP contribution in [0.4, 0.5) is 16.2 Å². The monoisotopic (exact) mass is 532 g/mol. The van der Waals surface area contributed by atoms with Crippen molar-refractivity contribution in [2.45, 2.75) is 57.4 Å². The molecule has 1 aliphatic carbocycles. The molecule has 4 rings (SSSR count). The molecule has 192 valence electrons. The number of primary amides is 2. The van der Waals surface area contributed by atoms with Gasteiger partial charge in [0.2, 0.25) is 5.91 Å². The Morgan fingerprint density at radius 3 is 2.38 bits per heavy atom. The quantitative estimate of drug-likeness (QED) is 0.490. The number of hydrogen-bond donors (Lipinski definition) is 3. The SMILES string of the molecule is Cc1ccc2c(c1)N(CC(N)=O)C(=O)C(N(C(N)=O)c1cccc(C(=O)O)c1)CC2C1CCCCC1.[KH]. The second kappa shape index (κ2) is 12.5. The Kier molecular flexibility index (Phi) is 9.93. The number of fused-ring (bicyclic) bond motifs is 1. The summed E-state index contributed by atoms with van der Waals surface area (Å²) in [5, 5.41) is 9.47. The standard InChI is InChI=1S/C27H32N4O5.K.H/c1-16-10-11-20-21(17-6-3-2-4-7-17)14-23(25(33)30(15-24(28)32)22(20)12-16)31(27(29)36)19-9-5-8-18(13-19)26(34)35;;/h5,8-13,17,21,23H,2-4,6-7,14-15H2,1H3,(H2,28,32)(H2,29,36)(H,34,35);;. The first-order valence-electron chi connectivity index (χ1n) is 12.3. The Hall–Kier alpha value is -2.24. The molecule has 2 unspecified atom stereocenters. The van der Waals surface area contributed by atoms with E-state index >= 15 is 0 Å². The van der Waals surface area contributed by atoms with Crippen molar-refractivity contribution in [1.82, 2.24) is 0 Å². The molecule has 1 heterocycles. The van der Waals surface area contributed by atoms with Gasteiger partial charge in [-0.1, -0.05) is 37.5 Å². The summed E-state index contributed by atoms with van der Waals surface area (Å²) in [6.45, 7) is 1.57. The number of hydrogen-bond acceptors (Lipinski definition) is 4. The molecule has 9 nitrogen and oxygen atoms in total. The van der Waals surface area contributed by atoms with Crippen LogP contribution in [-0.4, -0.2) is 92.9 Å². The molecule has 4 amide bonds. The first kappa shape index (κ1) is 29.3. The molecule has 0 radical (unpaired) electrons. The fraction of sp³-hybridized carbons (Fsp3) is 0.407. The third-order valence-electron chi connectivity index (χ3n) is 7.36. The van der Waals surface area contributed by atoms with E-state index in [4.69, 9.17) is 11.5 Å². The third kappa shape index (κ3) is 6.43. The van der Waals surface area contributed by atoms with E-state index in [2.05, 4.69) is 0 Å². The maximum absolute atomic E-state index is 14.1. The minimum absolute atomic E-state index is 0. The normalized spacial score (nSPS) is 19.8. The van der Waals surface area contributed by atoms with E-state index in [1.54, 1.807) is 6.07 Å². The van der Waals surface area contributed by atoms with Gasteiger partial charge in [0, 0.05) is 11.4 Å². The van der Waals surface area contributed by atoms with Gasteiger partial charge in [-0.3, -0.25) is 14.5 Å². The zero-order chi connectivity index (χ0) is 26.0. The van der Waals surface area contributed by atoms with Crippen molar-refractivity contribution in [3.63, 3.8) is 0 Å². The Bertz CT molecular complexity index is 1200.